The van der Waals surface area contributed by atoms with Crippen molar-refractivity contribution in [1.82, 2.24) is 25.1 Å². The molecule has 0 bridgehead atoms. The first kappa shape index (κ1) is 17.0. The van der Waals surface area contributed by atoms with Crippen LogP contribution in [-0.2, 0) is 22.8 Å². The minimum absolute atomic E-state index is 0.326. The third-order valence-electron chi connectivity index (χ3n) is 4.41. The summed E-state index contributed by atoms with van der Waals surface area (Å²) < 4.78 is 23.6. The van der Waals surface area contributed by atoms with Gasteiger partial charge in [-0.25, -0.2) is 18.4 Å². The van der Waals surface area contributed by atoms with Crippen LogP contribution in [0.15, 0.2) is 23.5 Å². The molecule has 130 valence electrons. The minimum atomic E-state index is -3.23. The lowest BCUT2D eigenvalue weighted by molar-refractivity contribution is 0.165. The lowest BCUT2D eigenvalue weighted by Gasteiger charge is -2.32. The molecule has 1 saturated heterocycles. The van der Waals surface area contributed by atoms with E-state index >= 15 is 0 Å². The molecule has 3 heterocycles. The molecular formula is C16H23N5O2S. The van der Waals surface area contributed by atoms with Crippen LogP contribution in [0.2, 0.25) is 0 Å². The van der Waals surface area contributed by atoms with Gasteiger partial charge in [-0.2, -0.15) is 5.10 Å². The molecule has 2 aromatic rings. The number of nitrogens with one attached hydrogen (secondary N) is 1. The van der Waals surface area contributed by atoms with E-state index in [2.05, 4.69) is 25.1 Å². The second-order valence-electron chi connectivity index (χ2n) is 6.57. The van der Waals surface area contributed by atoms with Crippen molar-refractivity contribution >= 4 is 9.84 Å². The maximum atomic E-state index is 11.8. The summed E-state index contributed by atoms with van der Waals surface area (Å²) in [7, 11) is -3.23. The molecule has 1 N–H and O–H groups in total. The largest absolute Gasteiger partial charge is 0.299 e. The first-order chi connectivity index (χ1) is 11.4. The lowest BCUT2D eigenvalue weighted by atomic mass is 9.93. The highest BCUT2D eigenvalue weighted by Gasteiger charge is 2.24. The van der Waals surface area contributed by atoms with Crippen LogP contribution in [0.25, 0.3) is 0 Å². The van der Waals surface area contributed by atoms with E-state index in [9.17, 15) is 8.42 Å². The minimum Gasteiger partial charge on any atom is -0.299 e. The number of nitrogens with zero attached hydrogens (tertiary/aromatic N) is 4. The van der Waals surface area contributed by atoms with Crippen molar-refractivity contribution in [2.75, 3.05) is 19.3 Å². The van der Waals surface area contributed by atoms with E-state index in [1.165, 1.54) is 12.5 Å². The predicted molar refractivity (Wildman–Crippen MR) is 90.2 cm³/mol. The van der Waals surface area contributed by atoms with Gasteiger partial charge >= 0.3 is 0 Å². The van der Waals surface area contributed by atoms with Crippen LogP contribution in [0.1, 0.15) is 29.9 Å². The number of sulfone groups is 1. The van der Waals surface area contributed by atoms with Crippen molar-refractivity contribution in [3.05, 3.63) is 35.7 Å². The number of hydrogen-bond donors (Lipinski definition) is 1. The zero-order valence-electron chi connectivity index (χ0n) is 14.1. The van der Waals surface area contributed by atoms with Gasteiger partial charge in [-0.1, -0.05) is 0 Å². The highest BCUT2D eigenvalue weighted by Crippen LogP contribution is 2.24. The standard InChI is InChI=1S/C16H23N5O2S/c1-12-17-7-14(8-18-12)11-21-5-3-4-13(10-21)6-15-16(9-19-20-15)24(2,22)23/h7-9,13H,3-6,10-11H2,1-2H3,(H,19,20). The van der Waals surface area contributed by atoms with E-state index in [1.54, 1.807) is 0 Å². The van der Waals surface area contributed by atoms with Crippen molar-refractivity contribution < 1.29 is 8.42 Å². The Kier molecular flexibility index (Phi) is 4.96. The van der Waals surface area contributed by atoms with Gasteiger partial charge in [0.05, 0.1) is 11.9 Å². The zero-order chi connectivity index (χ0) is 17.2. The second-order valence-corrected chi connectivity index (χ2v) is 8.56. The Morgan fingerprint density at radius 1 is 1.29 bits per heavy atom. The van der Waals surface area contributed by atoms with Crippen LogP contribution >= 0.6 is 0 Å². The highest BCUT2D eigenvalue weighted by molar-refractivity contribution is 7.90. The molecule has 1 aliphatic heterocycles. The molecule has 2 aromatic heterocycles. The number of aryl methyl sites for hydroxylation is 1. The summed E-state index contributed by atoms with van der Waals surface area (Å²) in [5.74, 6) is 1.20. The molecule has 3 rings (SSSR count). The summed E-state index contributed by atoms with van der Waals surface area (Å²) in [5.41, 5.74) is 1.84. The van der Waals surface area contributed by atoms with Crippen LogP contribution in [-0.4, -0.2) is 52.8 Å². The lowest BCUT2D eigenvalue weighted by Crippen LogP contribution is -2.36. The highest BCUT2D eigenvalue weighted by atomic mass is 32.2. The van der Waals surface area contributed by atoms with Gasteiger partial charge in [-0.15, -0.1) is 0 Å². The van der Waals surface area contributed by atoms with Gasteiger partial charge in [0.2, 0.25) is 0 Å². The topological polar surface area (TPSA) is 91.8 Å². The molecule has 7 nitrogen and oxygen atoms in total. The summed E-state index contributed by atoms with van der Waals surface area (Å²) in [6.07, 6.45) is 9.32. The Morgan fingerprint density at radius 3 is 2.75 bits per heavy atom. The number of aromatic amines is 1. The first-order valence-electron chi connectivity index (χ1n) is 8.14. The van der Waals surface area contributed by atoms with Crippen molar-refractivity contribution in [2.45, 2.75) is 37.6 Å². The summed E-state index contributed by atoms with van der Waals surface area (Å²) in [5, 5.41) is 6.78. The van der Waals surface area contributed by atoms with Gasteiger partial charge in [-0.05, 0) is 38.6 Å². The molecule has 1 atom stereocenters. The van der Waals surface area contributed by atoms with Gasteiger partial charge in [0.25, 0.3) is 0 Å². The molecular weight excluding hydrogens is 326 g/mol. The van der Waals surface area contributed by atoms with Crippen LogP contribution < -0.4 is 0 Å². The third kappa shape index (κ3) is 4.18. The molecule has 8 heteroatoms. The predicted octanol–water partition coefficient (Wildman–Crippen LogP) is 1.37. The van der Waals surface area contributed by atoms with E-state index in [4.69, 9.17) is 0 Å². The number of piperidine rings is 1. The maximum Gasteiger partial charge on any atom is 0.178 e. The average molecular weight is 349 g/mol. The average Bonchev–Trinajstić information content (AvgIpc) is 2.98. The number of rotatable bonds is 5. The summed E-state index contributed by atoms with van der Waals surface area (Å²) in [6.45, 7) is 4.70. The fourth-order valence-electron chi connectivity index (χ4n) is 3.28. The van der Waals surface area contributed by atoms with Gasteiger partial charge in [0.15, 0.2) is 9.84 Å². The van der Waals surface area contributed by atoms with Crippen molar-refractivity contribution in [1.29, 1.82) is 0 Å². The normalized spacial score (nSPS) is 19.5. The second kappa shape index (κ2) is 6.98. The Balaban J connectivity index is 1.64. The van der Waals surface area contributed by atoms with E-state index in [0.29, 0.717) is 17.2 Å². The van der Waals surface area contributed by atoms with E-state index in [0.717, 1.165) is 49.6 Å². The molecule has 1 unspecified atom stereocenters. The molecule has 0 radical (unpaired) electrons. The summed E-state index contributed by atoms with van der Waals surface area (Å²) in [4.78, 5) is 11.2. The van der Waals surface area contributed by atoms with Crippen LogP contribution in [0.5, 0.6) is 0 Å². The molecule has 1 fully saturated rings. The van der Waals surface area contributed by atoms with Gasteiger partial charge in [0, 0.05) is 37.3 Å². The van der Waals surface area contributed by atoms with Crippen molar-refractivity contribution in [3.8, 4) is 0 Å². The summed E-state index contributed by atoms with van der Waals surface area (Å²) >= 11 is 0. The Hall–Kier alpha value is -1.80. The SMILES string of the molecule is Cc1ncc(CN2CCCC(Cc3[nH]ncc3S(C)(=O)=O)C2)cn1. The van der Waals surface area contributed by atoms with Crippen LogP contribution in [0, 0.1) is 12.8 Å². The van der Waals surface area contributed by atoms with Gasteiger partial charge < -0.3 is 0 Å². The number of likely N-dealkylation sites (tertiary alicyclic amines) is 1. The fourth-order valence-corrected chi connectivity index (χ4v) is 4.10. The Labute approximate surface area is 142 Å². The molecule has 0 aromatic carbocycles. The molecule has 24 heavy (non-hydrogen) atoms. The van der Waals surface area contributed by atoms with Crippen LogP contribution in [0.4, 0.5) is 0 Å². The number of H-pyrrole nitrogens is 1. The maximum absolute atomic E-state index is 11.8. The molecule has 0 aliphatic carbocycles. The smallest absolute Gasteiger partial charge is 0.178 e. The Bertz CT molecular complexity index is 785. The van der Waals surface area contributed by atoms with Crippen LogP contribution in [0.3, 0.4) is 0 Å². The van der Waals surface area contributed by atoms with Gasteiger partial charge in [0.1, 0.15) is 10.7 Å². The molecule has 0 saturated carbocycles. The zero-order valence-corrected chi connectivity index (χ0v) is 14.9. The Morgan fingerprint density at radius 2 is 2.04 bits per heavy atom. The monoisotopic (exact) mass is 349 g/mol. The third-order valence-corrected chi connectivity index (χ3v) is 5.57. The molecule has 0 spiro atoms. The van der Waals surface area contributed by atoms with Crippen molar-refractivity contribution in [2.24, 2.45) is 5.92 Å². The number of hydrogen-bond acceptors (Lipinski definition) is 6. The summed E-state index contributed by atoms with van der Waals surface area (Å²) in [6, 6.07) is 0. The molecule has 1 aliphatic rings. The molecule has 0 amide bonds. The van der Waals surface area contributed by atoms with E-state index in [-0.39, 0.29) is 0 Å². The van der Waals surface area contributed by atoms with Gasteiger partial charge in [-0.3, -0.25) is 10.00 Å². The van der Waals surface area contributed by atoms with Crippen molar-refractivity contribution in [3.63, 3.8) is 0 Å². The fraction of sp³-hybridized carbons (Fsp3) is 0.562. The van der Waals surface area contributed by atoms with E-state index < -0.39 is 9.84 Å². The first-order valence-corrected chi connectivity index (χ1v) is 10.0. The quantitative estimate of drug-likeness (QED) is 0.876. The van der Waals surface area contributed by atoms with E-state index in [1.807, 2.05) is 19.3 Å². The number of aromatic nitrogens is 4.